The molecule has 0 aliphatic carbocycles. The third-order valence-corrected chi connectivity index (χ3v) is 4.79. The van der Waals surface area contributed by atoms with E-state index < -0.39 is 17.4 Å². The molecule has 0 radical (unpaired) electrons. The van der Waals surface area contributed by atoms with Gasteiger partial charge in [-0.05, 0) is 30.9 Å². The molecule has 118 valence electrons. The molecule has 2 fully saturated rings. The summed E-state index contributed by atoms with van der Waals surface area (Å²) in [5, 5.41) is 10.7. The minimum atomic E-state index is -1.89. The first-order valence-corrected chi connectivity index (χ1v) is 7.91. The lowest BCUT2D eigenvalue weighted by atomic mass is 9.95. The monoisotopic (exact) mass is 302 g/mol. The largest absolute Gasteiger partial charge is 0.372 e. The summed E-state index contributed by atoms with van der Waals surface area (Å²) in [6, 6.07) is 9.19. The van der Waals surface area contributed by atoms with E-state index in [1.165, 1.54) is 4.90 Å². The summed E-state index contributed by atoms with van der Waals surface area (Å²) in [5.41, 5.74) is -1.17. The molecule has 5 heteroatoms. The Bertz CT molecular complexity index is 567. The number of nitrogens with zero attached hydrogens (tertiary/aromatic N) is 2. The van der Waals surface area contributed by atoms with Crippen molar-refractivity contribution < 1.29 is 14.7 Å². The van der Waals surface area contributed by atoms with Gasteiger partial charge in [-0.25, -0.2) is 0 Å². The van der Waals surface area contributed by atoms with Crippen molar-refractivity contribution in [2.24, 2.45) is 5.92 Å². The Morgan fingerprint density at radius 2 is 1.82 bits per heavy atom. The van der Waals surface area contributed by atoms with Gasteiger partial charge in [-0.3, -0.25) is 9.59 Å². The molecule has 0 spiro atoms. The molecule has 2 saturated heterocycles. The second kappa shape index (κ2) is 5.72. The van der Waals surface area contributed by atoms with Crippen LogP contribution < -0.4 is 4.90 Å². The quantitative estimate of drug-likeness (QED) is 0.840. The van der Waals surface area contributed by atoms with Crippen LogP contribution in [-0.2, 0) is 9.59 Å². The summed E-state index contributed by atoms with van der Waals surface area (Å²) in [4.78, 5) is 28.4. The first kappa shape index (κ1) is 15.0. The van der Waals surface area contributed by atoms with Crippen molar-refractivity contribution in [3.8, 4) is 0 Å². The number of aliphatic hydroxyl groups is 1. The average molecular weight is 302 g/mol. The zero-order valence-corrected chi connectivity index (χ0v) is 12.9. The number of rotatable bonds is 2. The highest BCUT2D eigenvalue weighted by Crippen LogP contribution is 2.31. The number of likely N-dealkylation sites (tertiary alicyclic amines) is 1. The maximum Gasteiger partial charge on any atom is 0.268 e. The minimum absolute atomic E-state index is 0.158. The van der Waals surface area contributed by atoms with Crippen LogP contribution in [0.2, 0.25) is 0 Å². The number of hydrogen-bond donors (Lipinski definition) is 1. The van der Waals surface area contributed by atoms with Gasteiger partial charge in [0.15, 0.2) is 0 Å². The Balaban J connectivity index is 1.76. The van der Waals surface area contributed by atoms with Crippen LogP contribution in [0, 0.1) is 5.92 Å². The molecule has 5 nitrogen and oxygen atoms in total. The number of benzene rings is 1. The van der Waals surface area contributed by atoms with Crippen LogP contribution in [0.4, 0.5) is 5.69 Å². The first-order valence-electron chi connectivity index (χ1n) is 7.91. The van der Waals surface area contributed by atoms with E-state index in [-0.39, 0.29) is 6.42 Å². The first-order chi connectivity index (χ1) is 10.5. The average Bonchev–Trinajstić information content (AvgIpc) is 2.85. The van der Waals surface area contributed by atoms with E-state index in [2.05, 4.69) is 6.92 Å². The lowest BCUT2D eigenvalue weighted by Gasteiger charge is -2.34. The minimum Gasteiger partial charge on any atom is -0.372 e. The fraction of sp³-hybridized carbons (Fsp3) is 0.529. The summed E-state index contributed by atoms with van der Waals surface area (Å²) in [5.74, 6) is -0.330. The molecule has 2 aliphatic rings. The molecule has 0 aromatic heterocycles. The Morgan fingerprint density at radius 1 is 1.18 bits per heavy atom. The molecule has 1 aromatic carbocycles. The summed E-state index contributed by atoms with van der Waals surface area (Å²) in [6.07, 6.45) is 2.02. The molecular formula is C17H22N2O3. The second-order valence-corrected chi connectivity index (χ2v) is 6.38. The molecule has 1 unspecified atom stereocenters. The Labute approximate surface area is 130 Å². The van der Waals surface area contributed by atoms with Crippen molar-refractivity contribution in [2.75, 3.05) is 24.5 Å². The third-order valence-electron chi connectivity index (χ3n) is 4.79. The van der Waals surface area contributed by atoms with Crippen LogP contribution in [0.1, 0.15) is 26.2 Å². The molecule has 0 saturated carbocycles. The maximum atomic E-state index is 12.6. The lowest BCUT2D eigenvalue weighted by molar-refractivity contribution is -0.158. The lowest BCUT2D eigenvalue weighted by Crippen LogP contribution is -2.55. The molecule has 2 heterocycles. The fourth-order valence-electron chi connectivity index (χ4n) is 3.23. The normalized spacial score (nSPS) is 26.5. The van der Waals surface area contributed by atoms with Crippen LogP contribution in [0.3, 0.4) is 0 Å². The van der Waals surface area contributed by atoms with Gasteiger partial charge in [0, 0.05) is 31.7 Å². The van der Waals surface area contributed by atoms with Crippen molar-refractivity contribution in [3.05, 3.63) is 30.3 Å². The number of piperidine rings is 1. The van der Waals surface area contributed by atoms with Gasteiger partial charge in [-0.1, -0.05) is 25.1 Å². The summed E-state index contributed by atoms with van der Waals surface area (Å²) in [6.45, 7) is 3.78. The highest BCUT2D eigenvalue weighted by molar-refractivity contribution is 6.16. The van der Waals surface area contributed by atoms with E-state index in [9.17, 15) is 14.7 Å². The zero-order valence-electron chi connectivity index (χ0n) is 12.9. The number of carbonyl (C=O) groups excluding carboxylic acids is 2. The van der Waals surface area contributed by atoms with E-state index in [1.807, 2.05) is 30.3 Å². The number of hydrogen-bond acceptors (Lipinski definition) is 3. The number of para-hydroxylation sites is 1. The van der Waals surface area contributed by atoms with Gasteiger partial charge in [0.1, 0.15) is 0 Å². The highest BCUT2D eigenvalue weighted by atomic mass is 16.3. The van der Waals surface area contributed by atoms with E-state index >= 15 is 0 Å². The van der Waals surface area contributed by atoms with Gasteiger partial charge in [0.2, 0.25) is 5.60 Å². The summed E-state index contributed by atoms with van der Waals surface area (Å²) >= 11 is 0. The van der Waals surface area contributed by atoms with Gasteiger partial charge in [-0.2, -0.15) is 0 Å². The molecule has 2 aliphatic heterocycles. The number of amides is 2. The molecule has 22 heavy (non-hydrogen) atoms. The van der Waals surface area contributed by atoms with E-state index in [1.54, 1.807) is 4.90 Å². The maximum absolute atomic E-state index is 12.6. The standard InChI is InChI=1S/C17H22N2O3/c1-13-7-10-18(11-8-13)15(20)17(22)9-12-19(16(17)21)14-5-3-2-4-6-14/h2-6,13,22H,7-12H2,1H3. The van der Waals surface area contributed by atoms with Crippen molar-refractivity contribution in [3.63, 3.8) is 0 Å². The van der Waals surface area contributed by atoms with Gasteiger partial charge in [0.25, 0.3) is 11.8 Å². The third kappa shape index (κ3) is 2.50. The smallest absolute Gasteiger partial charge is 0.268 e. The van der Waals surface area contributed by atoms with Gasteiger partial charge in [-0.15, -0.1) is 0 Å². The van der Waals surface area contributed by atoms with Gasteiger partial charge in [0.05, 0.1) is 0 Å². The van der Waals surface area contributed by atoms with E-state index in [4.69, 9.17) is 0 Å². The second-order valence-electron chi connectivity index (χ2n) is 6.38. The van der Waals surface area contributed by atoms with Gasteiger partial charge < -0.3 is 14.9 Å². The summed E-state index contributed by atoms with van der Waals surface area (Å²) < 4.78 is 0. The van der Waals surface area contributed by atoms with Crippen molar-refractivity contribution >= 4 is 17.5 Å². The Kier molecular flexibility index (Phi) is 3.91. The Hall–Kier alpha value is -1.88. The SMILES string of the molecule is CC1CCN(C(=O)C2(O)CCN(c3ccccc3)C2=O)CC1. The number of anilines is 1. The molecular weight excluding hydrogens is 280 g/mol. The Morgan fingerprint density at radius 3 is 2.45 bits per heavy atom. The molecule has 1 atom stereocenters. The van der Waals surface area contributed by atoms with E-state index in [0.717, 1.165) is 18.5 Å². The summed E-state index contributed by atoms with van der Waals surface area (Å²) in [7, 11) is 0. The van der Waals surface area contributed by atoms with Crippen LogP contribution in [0.5, 0.6) is 0 Å². The predicted octanol–water partition coefficient (Wildman–Crippen LogP) is 1.41. The molecule has 1 aromatic rings. The van der Waals surface area contributed by atoms with Gasteiger partial charge >= 0.3 is 0 Å². The van der Waals surface area contributed by atoms with Crippen LogP contribution in [0.25, 0.3) is 0 Å². The van der Waals surface area contributed by atoms with Crippen molar-refractivity contribution in [2.45, 2.75) is 31.8 Å². The van der Waals surface area contributed by atoms with E-state index in [0.29, 0.717) is 25.6 Å². The molecule has 3 rings (SSSR count). The molecule has 1 N–H and O–H groups in total. The topological polar surface area (TPSA) is 60.9 Å². The fourth-order valence-corrected chi connectivity index (χ4v) is 3.23. The molecule has 2 amide bonds. The van der Waals surface area contributed by atoms with Crippen LogP contribution in [-0.4, -0.2) is 47.1 Å². The highest BCUT2D eigenvalue weighted by Gasteiger charge is 2.53. The number of carbonyl (C=O) groups is 2. The van der Waals surface area contributed by atoms with Crippen LogP contribution >= 0.6 is 0 Å². The van der Waals surface area contributed by atoms with Crippen molar-refractivity contribution in [1.29, 1.82) is 0 Å². The molecule has 0 bridgehead atoms. The zero-order chi connectivity index (χ0) is 15.7. The van der Waals surface area contributed by atoms with Crippen molar-refractivity contribution in [1.82, 2.24) is 4.90 Å². The van der Waals surface area contributed by atoms with Crippen LogP contribution in [0.15, 0.2) is 30.3 Å². The predicted molar refractivity (Wildman–Crippen MR) is 83.3 cm³/mol.